The topological polar surface area (TPSA) is 77.6 Å². The summed E-state index contributed by atoms with van der Waals surface area (Å²) in [6, 6.07) is 3.69. The molecule has 3 heterocycles. The van der Waals surface area contributed by atoms with Gasteiger partial charge in [-0.3, -0.25) is 14.2 Å². The standard InChI is InChI=1S/C18H22N6O/c1-10(14-7-8-23(3)22-14)19-18(25)13-9-15(12-5-6-12)20-17-16(13)11(2)21-24(17)4/h7-10,12H,5-6H2,1-4H3,(H,19,25)/t10-/m0/s1. The molecule has 3 aromatic rings. The summed E-state index contributed by atoms with van der Waals surface area (Å²) in [7, 11) is 3.74. The van der Waals surface area contributed by atoms with Gasteiger partial charge < -0.3 is 5.32 Å². The summed E-state index contributed by atoms with van der Waals surface area (Å²) in [4.78, 5) is 17.7. The first-order valence-electron chi connectivity index (χ1n) is 8.58. The maximum atomic E-state index is 13.0. The summed E-state index contributed by atoms with van der Waals surface area (Å²) < 4.78 is 3.49. The van der Waals surface area contributed by atoms with Crippen molar-refractivity contribution in [3.05, 3.63) is 41.0 Å². The third-order valence-corrected chi connectivity index (χ3v) is 4.75. The lowest BCUT2D eigenvalue weighted by molar-refractivity contribution is 0.0940. The van der Waals surface area contributed by atoms with Gasteiger partial charge in [0, 0.05) is 31.9 Å². The second-order valence-corrected chi connectivity index (χ2v) is 6.89. The van der Waals surface area contributed by atoms with E-state index in [9.17, 15) is 4.79 Å². The number of fused-ring (bicyclic) bond motifs is 1. The summed E-state index contributed by atoms with van der Waals surface area (Å²) in [5.74, 6) is 0.364. The zero-order valence-electron chi connectivity index (χ0n) is 14.9. The van der Waals surface area contributed by atoms with Crippen molar-refractivity contribution in [1.82, 2.24) is 29.9 Å². The quantitative estimate of drug-likeness (QED) is 0.792. The molecule has 130 valence electrons. The Bertz CT molecular complexity index is 966. The summed E-state index contributed by atoms with van der Waals surface area (Å²) in [6.45, 7) is 3.86. The van der Waals surface area contributed by atoms with Crippen molar-refractivity contribution in [2.75, 3.05) is 0 Å². The van der Waals surface area contributed by atoms with Gasteiger partial charge in [0.2, 0.25) is 0 Å². The average Bonchev–Trinajstić information content (AvgIpc) is 3.27. The molecule has 0 saturated heterocycles. The lowest BCUT2D eigenvalue weighted by Crippen LogP contribution is -2.27. The molecule has 25 heavy (non-hydrogen) atoms. The molecule has 1 aliphatic rings. The molecule has 0 radical (unpaired) electrons. The van der Waals surface area contributed by atoms with Crippen LogP contribution in [-0.4, -0.2) is 30.5 Å². The Hall–Kier alpha value is -2.70. The molecule has 1 amide bonds. The van der Waals surface area contributed by atoms with Crippen LogP contribution < -0.4 is 5.32 Å². The molecule has 0 spiro atoms. The Balaban J connectivity index is 1.72. The minimum atomic E-state index is -0.168. The lowest BCUT2D eigenvalue weighted by Gasteiger charge is -2.13. The van der Waals surface area contributed by atoms with Gasteiger partial charge in [-0.25, -0.2) is 4.98 Å². The number of nitrogens with one attached hydrogen (secondary N) is 1. The number of carbonyl (C=O) groups is 1. The van der Waals surface area contributed by atoms with Crippen molar-refractivity contribution in [3.8, 4) is 0 Å². The van der Waals surface area contributed by atoms with Gasteiger partial charge in [0.1, 0.15) is 0 Å². The van der Waals surface area contributed by atoms with Gasteiger partial charge in [0.25, 0.3) is 5.91 Å². The Labute approximate surface area is 146 Å². The Morgan fingerprint density at radius 3 is 2.72 bits per heavy atom. The maximum absolute atomic E-state index is 13.0. The number of nitrogens with zero attached hydrogens (tertiary/aromatic N) is 5. The van der Waals surface area contributed by atoms with Gasteiger partial charge in [-0.2, -0.15) is 10.2 Å². The fraction of sp³-hybridized carbons (Fsp3) is 0.444. The van der Waals surface area contributed by atoms with E-state index in [1.807, 2.05) is 46.3 Å². The lowest BCUT2D eigenvalue weighted by atomic mass is 10.1. The summed E-state index contributed by atoms with van der Waals surface area (Å²) >= 11 is 0. The number of amides is 1. The molecule has 1 N–H and O–H groups in total. The number of aromatic nitrogens is 5. The highest BCUT2D eigenvalue weighted by atomic mass is 16.1. The normalized spacial score (nSPS) is 15.5. The van der Waals surface area contributed by atoms with Crippen LogP contribution in [0.25, 0.3) is 11.0 Å². The molecule has 0 bridgehead atoms. The summed E-state index contributed by atoms with van der Waals surface area (Å²) in [5.41, 5.74) is 4.08. The number of aryl methyl sites for hydroxylation is 3. The molecule has 0 aliphatic heterocycles. The second kappa shape index (κ2) is 5.68. The molecule has 1 fully saturated rings. The van der Waals surface area contributed by atoms with E-state index in [0.717, 1.165) is 41.0 Å². The molecular formula is C18H22N6O. The fourth-order valence-corrected chi connectivity index (χ4v) is 3.24. The first kappa shape index (κ1) is 15.8. The Morgan fingerprint density at radius 1 is 1.32 bits per heavy atom. The van der Waals surface area contributed by atoms with Crippen molar-refractivity contribution >= 4 is 16.9 Å². The largest absolute Gasteiger partial charge is 0.344 e. The highest BCUT2D eigenvalue weighted by Crippen LogP contribution is 2.40. The molecule has 0 unspecified atom stereocenters. The summed E-state index contributed by atoms with van der Waals surface area (Å²) in [6.07, 6.45) is 4.15. The molecule has 7 heteroatoms. The highest BCUT2D eigenvalue weighted by molar-refractivity contribution is 6.06. The van der Waals surface area contributed by atoms with E-state index in [1.54, 1.807) is 9.36 Å². The van der Waals surface area contributed by atoms with Crippen LogP contribution in [0.5, 0.6) is 0 Å². The molecule has 1 saturated carbocycles. The van der Waals surface area contributed by atoms with E-state index < -0.39 is 0 Å². The van der Waals surface area contributed by atoms with Crippen molar-refractivity contribution in [3.63, 3.8) is 0 Å². The van der Waals surface area contributed by atoms with Gasteiger partial charge in [-0.05, 0) is 38.8 Å². The first-order chi connectivity index (χ1) is 11.9. The van der Waals surface area contributed by atoms with E-state index in [1.165, 1.54) is 0 Å². The number of hydrogen-bond acceptors (Lipinski definition) is 4. The minimum absolute atomic E-state index is 0.108. The van der Waals surface area contributed by atoms with Crippen molar-refractivity contribution < 1.29 is 4.79 Å². The van der Waals surface area contributed by atoms with Crippen LogP contribution >= 0.6 is 0 Å². The van der Waals surface area contributed by atoms with Gasteiger partial charge in [0.05, 0.1) is 28.4 Å². The number of carbonyl (C=O) groups excluding carboxylic acids is 1. The number of hydrogen-bond donors (Lipinski definition) is 1. The molecular weight excluding hydrogens is 316 g/mol. The average molecular weight is 338 g/mol. The van der Waals surface area contributed by atoms with Crippen molar-refractivity contribution in [1.29, 1.82) is 0 Å². The van der Waals surface area contributed by atoms with Crippen LogP contribution in [0.15, 0.2) is 18.3 Å². The van der Waals surface area contributed by atoms with Crippen LogP contribution in [-0.2, 0) is 14.1 Å². The molecule has 3 aromatic heterocycles. The maximum Gasteiger partial charge on any atom is 0.252 e. The number of rotatable bonds is 4. The fourth-order valence-electron chi connectivity index (χ4n) is 3.24. The third-order valence-electron chi connectivity index (χ3n) is 4.75. The monoisotopic (exact) mass is 338 g/mol. The van der Waals surface area contributed by atoms with Gasteiger partial charge >= 0.3 is 0 Å². The molecule has 7 nitrogen and oxygen atoms in total. The van der Waals surface area contributed by atoms with Crippen LogP contribution in [0, 0.1) is 6.92 Å². The SMILES string of the molecule is Cc1nn(C)c2nc(C3CC3)cc(C(=O)N[C@@H](C)c3ccn(C)n3)c12. The zero-order chi connectivity index (χ0) is 17.7. The smallest absolute Gasteiger partial charge is 0.252 e. The van der Waals surface area contributed by atoms with Gasteiger partial charge in [-0.15, -0.1) is 0 Å². The predicted molar refractivity (Wildman–Crippen MR) is 94.3 cm³/mol. The molecule has 0 aromatic carbocycles. The molecule has 4 rings (SSSR count). The molecule has 1 aliphatic carbocycles. The molecule has 1 atom stereocenters. The van der Waals surface area contributed by atoms with E-state index in [-0.39, 0.29) is 11.9 Å². The van der Waals surface area contributed by atoms with E-state index >= 15 is 0 Å². The van der Waals surface area contributed by atoms with Gasteiger partial charge in [-0.1, -0.05) is 0 Å². The van der Waals surface area contributed by atoms with Gasteiger partial charge in [0.15, 0.2) is 5.65 Å². The van der Waals surface area contributed by atoms with Crippen LogP contribution in [0.3, 0.4) is 0 Å². The van der Waals surface area contributed by atoms with E-state index in [0.29, 0.717) is 11.5 Å². The van der Waals surface area contributed by atoms with Crippen molar-refractivity contribution in [2.45, 2.75) is 38.6 Å². The minimum Gasteiger partial charge on any atom is -0.344 e. The van der Waals surface area contributed by atoms with Crippen LogP contribution in [0.2, 0.25) is 0 Å². The van der Waals surface area contributed by atoms with Crippen molar-refractivity contribution in [2.24, 2.45) is 14.1 Å². The number of pyridine rings is 1. The van der Waals surface area contributed by atoms with Crippen LogP contribution in [0.1, 0.15) is 59.2 Å². The Kier molecular flexibility index (Phi) is 3.59. The summed E-state index contributed by atoms with van der Waals surface area (Å²) in [5, 5.41) is 12.7. The third kappa shape index (κ3) is 2.79. The van der Waals surface area contributed by atoms with E-state index in [4.69, 9.17) is 4.98 Å². The zero-order valence-corrected chi connectivity index (χ0v) is 14.9. The Morgan fingerprint density at radius 2 is 2.08 bits per heavy atom. The highest BCUT2D eigenvalue weighted by Gasteiger charge is 2.28. The predicted octanol–water partition coefficient (Wildman–Crippen LogP) is 2.38. The second-order valence-electron chi connectivity index (χ2n) is 6.89. The van der Waals surface area contributed by atoms with E-state index in [2.05, 4.69) is 15.5 Å². The van der Waals surface area contributed by atoms with Crippen LogP contribution in [0.4, 0.5) is 0 Å². The first-order valence-corrected chi connectivity index (χ1v) is 8.58.